The number of sulfonamides is 1. The van der Waals surface area contributed by atoms with E-state index >= 15 is 0 Å². The van der Waals surface area contributed by atoms with Gasteiger partial charge in [0.2, 0.25) is 5.95 Å². The highest BCUT2D eigenvalue weighted by molar-refractivity contribution is 7.92. The van der Waals surface area contributed by atoms with E-state index in [2.05, 4.69) is 20.0 Å². The molecule has 0 aliphatic heterocycles. The molecule has 0 saturated heterocycles. The Kier molecular flexibility index (Phi) is 7.96. The molecule has 0 bridgehead atoms. The van der Waals surface area contributed by atoms with Gasteiger partial charge in [-0.15, -0.1) is 0 Å². The summed E-state index contributed by atoms with van der Waals surface area (Å²) < 4.78 is 71.0. The van der Waals surface area contributed by atoms with Crippen LogP contribution >= 0.6 is 0 Å². The summed E-state index contributed by atoms with van der Waals surface area (Å²) in [5.41, 5.74) is 2.20. The fourth-order valence-corrected chi connectivity index (χ4v) is 7.80. The summed E-state index contributed by atoms with van der Waals surface area (Å²) in [4.78, 5) is 20.2. The van der Waals surface area contributed by atoms with Gasteiger partial charge >= 0.3 is 12.1 Å². The van der Waals surface area contributed by atoms with Crippen LogP contribution < -0.4 is 10.0 Å². The van der Waals surface area contributed by atoms with Crippen molar-refractivity contribution < 1.29 is 31.5 Å². The summed E-state index contributed by atoms with van der Waals surface area (Å²) in [6.07, 6.45) is 1.15. The number of hydrogen-bond donors (Lipinski definition) is 3. The third-order valence-electron chi connectivity index (χ3n) is 9.76. The minimum absolute atomic E-state index is 0.00818. The second kappa shape index (κ2) is 11.4. The van der Waals surface area contributed by atoms with Crippen LogP contribution in [0.3, 0.4) is 0 Å². The minimum Gasteiger partial charge on any atom is -0.478 e. The normalized spacial score (nSPS) is 19.1. The number of carboxylic acid groups (broad SMARTS) is 1. The highest BCUT2D eigenvalue weighted by Crippen LogP contribution is 2.62. The van der Waals surface area contributed by atoms with E-state index in [0.29, 0.717) is 29.6 Å². The number of carboxylic acids is 1. The van der Waals surface area contributed by atoms with Gasteiger partial charge < -0.3 is 10.4 Å². The van der Waals surface area contributed by atoms with Crippen molar-refractivity contribution in [3.63, 3.8) is 0 Å². The van der Waals surface area contributed by atoms with Crippen LogP contribution in [0.15, 0.2) is 53.4 Å². The number of alkyl halides is 3. The van der Waals surface area contributed by atoms with Crippen molar-refractivity contribution >= 4 is 21.9 Å². The van der Waals surface area contributed by atoms with Crippen LogP contribution in [0.4, 0.5) is 19.1 Å². The molecule has 0 unspecified atom stereocenters. The summed E-state index contributed by atoms with van der Waals surface area (Å²) >= 11 is 0. The maximum atomic E-state index is 14.0. The average Bonchev–Trinajstić information content (AvgIpc) is 3.87. The Morgan fingerprint density at radius 3 is 2.29 bits per heavy atom. The Hall–Kier alpha value is -3.51. The quantitative estimate of drug-likeness (QED) is 0.198. The molecule has 6 rings (SSSR count). The van der Waals surface area contributed by atoms with E-state index in [-0.39, 0.29) is 47.8 Å². The number of aromatic carboxylic acids is 1. The SMILES string of the molecule is Cc1cccc(C)c1-c1cc(CC[C@@H](CC2(C(F)(F)F)CC2)NC2CC3(CC3)C2)nc(NS(=O)(=O)c2cccc(C(=O)O)c2)n1. The fraction of sp³-hybridized carbons (Fsp3) is 0.485. The van der Waals surface area contributed by atoms with E-state index in [1.165, 1.54) is 31.0 Å². The fourth-order valence-electron chi connectivity index (χ4n) is 6.81. The van der Waals surface area contributed by atoms with Gasteiger partial charge in [-0.1, -0.05) is 24.3 Å². The number of benzene rings is 2. The van der Waals surface area contributed by atoms with Crippen molar-refractivity contribution in [3.05, 3.63) is 70.9 Å². The molecule has 2 aromatic carbocycles. The minimum atomic E-state index is -4.26. The zero-order chi connectivity index (χ0) is 32.2. The third kappa shape index (κ3) is 6.72. The summed E-state index contributed by atoms with van der Waals surface area (Å²) in [5, 5.41) is 12.9. The standard InChI is InChI=1S/C33H37F3N4O4S/c1-20-5-3-6-21(2)28(20)27-16-23(38-30(39-27)40-45(43,44)26-8-4-7-22(15-26)29(41)42)9-10-24(19-32(13-14-32)33(34,35)36)37-25-17-31(18-25)11-12-31/h3-8,15-16,24-25,37H,9-14,17-19H2,1-2H3,(H,41,42)(H,38,39,40)/t24-/m0/s1. The molecule has 0 amide bonds. The average molecular weight is 643 g/mol. The highest BCUT2D eigenvalue weighted by atomic mass is 32.2. The lowest BCUT2D eigenvalue weighted by Crippen LogP contribution is -2.49. The lowest BCUT2D eigenvalue weighted by Gasteiger charge is -2.40. The molecule has 3 fully saturated rings. The van der Waals surface area contributed by atoms with Crippen molar-refractivity contribution in [1.82, 2.24) is 15.3 Å². The van der Waals surface area contributed by atoms with E-state index in [1.54, 1.807) is 6.07 Å². The van der Waals surface area contributed by atoms with Crippen molar-refractivity contribution in [2.45, 2.75) is 94.8 Å². The lowest BCUT2D eigenvalue weighted by molar-refractivity contribution is -0.191. The summed E-state index contributed by atoms with van der Waals surface area (Å²) in [5.74, 6) is -1.46. The molecule has 1 aromatic heterocycles. The van der Waals surface area contributed by atoms with Crippen LogP contribution in [0.5, 0.6) is 0 Å². The molecule has 3 N–H and O–H groups in total. The second-order valence-electron chi connectivity index (χ2n) is 13.3. The number of carbonyl (C=O) groups is 1. The molecule has 1 heterocycles. The topological polar surface area (TPSA) is 121 Å². The van der Waals surface area contributed by atoms with Gasteiger partial charge in [0.05, 0.1) is 21.6 Å². The maximum absolute atomic E-state index is 14.0. The zero-order valence-corrected chi connectivity index (χ0v) is 26.1. The molecule has 3 aromatic rings. The number of aryl methyl sites for hydroxylation is 3. The second-order valence-corrected chi connectivity index (χ2v) is 14.9. The number of nitrogens with one attached hydrogen (secondary N) is 2. The Morgan fingerprint density at radius 2 is 1.69 bits per heavy atom. The molecule has 3 saturated carbocycles. The number of halogens is 3. The van der Waals surface area contributed by atoms with Gasteiger partial charge in [-0.2, -0.15) is 13.2 Å². The van der Waals surface area contributed by atoms with Gasteiger partial charge in [-0.25, -0.2) is 27.9 Å². The molecule has 12 heteroatoms. The first-order valence-corrected chi connectivity index (χ1v) is 16.8. The Balaban J connectivity index is 1.29. The maximum Gasteiger partial charge on any atom is 0.394 e. The largest absolute Gasteiger partial charge is 0.478 e. The van der Waals surface area contributed by atoms with Crippen molar-refractivity contribution in [3.8, 4) is 11.3 Å². The predicted octanol–water partition coefficient (Wildman–Crippen LogP) is 6.83. The van der Waals surface area contributed by atoms with Crippen molar-refractivity contribution in [2.75, 3.05) is 4.72 Å². The van der Waals surface area contributed by atoms with E-state index < -0.39 is 27.6 Å². The van der Waals surface area contributed by atoms with Gasteiger partial charge in [0, 0.05) is 23.3 Å². The van der Waals surface area contributed by atoms with Crippen LogP contribution in [0.25, 0.3) is 11.3 Å². The van der Waals surface area contributed by atoms with E-state index in [4.69, 9.17) is 0 Å². The zero-order valence-electron chi connectivity index (χ0n) is 25.2. The molecular formula is C33H37F3N4O4S. The number of rotatable bonds is 12. The van der Waals surface area contributed by atoms with Gasteiger partial charge in [-0.3, -0.25) is 0 Å². The first kappa shape index (κ1) is 31.5. The molecule has 240 valence electrons. The predicted molar refractivity (Wildman–Crippen MR) is 163 cm³/mol. The van der Waals surface area contributed by atoms with Gasteiger partial charge in [0.15, 0.2) is 0 Å². The smallest absolute Gasteiger partial charge is 0.394 e. The highest BCUT2D eigenvalue weighted by Gasteiger charge is 2.63. The Labute approximate surface area is 260 Å². The number of nitrogens with zero attached hydrogens (tertiary/aromatic N) is 2. The van der Waals surface area contributed by atoms with Crippen LogP contribution in [0, 0.1) is 24.7 Å². The van der Waals surface area contributed by atoms with Crippen molar-refractivity contribution in [1.29, 1.82) is 0 Å². The van der Waals surface area contributed by atoms with Crippen molar-refractivity contribution in [2.24, 2.45) is 10.8 Å². The van der Waals surface area contributed by atoms with Crippen LogP contribution in [0.2, 0.25) is 0 Å². The van der Waals surface area contributed by atoms with Gasteiger partial charge in [0.25, 0.3) is 10.0 Å². The number of anilines is 1. The summed E-state index contributed by atoms with van der Waals surface area (Å²) in [7, 11) is -4.26. The van der Waals surface area contributed by atoms with E-state index in [0.717, 1.165) is 35.6 Å². The molecule has 1 atom stereocenters. The Bertz CT molecular complexity index is 1710. The number of hydrogen-bond acceptors (Lipinski definition) is 6. The van der Waals surface area contributed by atoms with Crippen LogP contribution in [0.1, 0.15) is 78.5 Å². The monoisotopic (exact) mass is 642 g/mol. The third-order valence-corrected chi connectivity index (χ3v) is 11.1. The molecule has 1 spiro atoms. The van der Waals surface area contributed by atoms with Gasteiger partial charge in [0.1, 0.15) is 0 Å². The summed E-state index contributed by atoms with van der Waals surface area (Å²) in [6.45, 7) is 3.84. The Morgan fingerprint density at radius 1 is 1.02 bits per heavy atom. The molecule has 0 radical (unpaired) electrons. The summed E-state index contributed by atoms with van der Waals surface area (Å²) in [6, 6.07) is 12.3. The van der Waals surface area contributed by atoms with Crippen LogP contribution in [-0.2, 0) is 16.4 Å². The van der Waals surface area contributed by atoms with Crippen LogP contribution in [-0.4, -0.2) is 47.7 Å². The first-order valence-electron chi connectivity index (χ1n) is 15.3. The molecule has 3 aliphatic carbocycles. The first-order chi connectivity index (χ1) is 21.2. The molecule has 8 nitrogen and oxygen atoms in total. The molecule has 45 heavy (non-hydrogen) atoms. The van der Waals surface area contributed by atoms with E-state index in [9.17, 15) is 31.5 Å². The molecule has 3 aliphatic rings. The molecular weight excluding hydrogens is 605 g/mol. The van der Waals surface area contributed by atoms with Gasteiger partial charge in [-0.05, 0) is 112 Å². The lowest BCUT2D eigenvalue weighted by atomic mass is 9.76. The van der Waals surface area contributed by atoms with E-state index in [1.807, 2.05) is 32.0 Å². The number of aromatic nitrogens is 2.